The summed E-state index contributed by atoms with van der Waals surface area (Å²) in [4.78, 5) is 36.3. The number of likely N-dealkylation sites (tertiary alicyclic amines) is 1. The summed E-state index contributed by atoms with van der Waals surface area (Å²) in [5.74, 6) is -1.43. The first-order chi connectivity index (χ1) is 9.20. The van der Waals surface area contributed by atoms with E-state index in [9.17, 15) is 19.5 Å². The second-order valence-corrected chi connectivity index (χ2v) is 5.82. The molecule has 0 radical (unpaired) electrons. The van der Waals surface area contributed by atoms with Crippen LogP contribution in [0.1, 0.15) is 33.6 Å². The van der Waals surface area contributed by atoms with Gasteiger partial charge < -0.3 is 10.4 Å². The van der Waals surface area contributed by atoms with Crippen molar-refractivity contribution in [1.82, 2.24) is 15.5 Å². The zero-order chi connectivity index (χ0) is 15.5. The molecule has 0 aromatic rings. The molecule has 0 aromatic heterocycles. The average Bonchev–Trinajstić information content (AvgIpc) is 2.35. The van der Waals surface area contributed by atoms with E-state index in [1.807, 2.05) is 13.8 Å². The van der Waals surface area contributed by atoms with Crippen LogP contribution in [0.15, 0.2) is 0 Å². The maximum absolute atomic E-state index is 12.0. The molecule has 2 unspecified atom stereocenters. The van der Waals surface area contributed by atoms with Crippen LogP contribution in [0.4, 0.5) is 4.79 Å². The van der Waals surface area contributed by atoms with E-state index >= 15 is 0 Å². The summed E-state index contributed by atoms with van der Waals surface area (Å²) in [6.07, 6.45) is 1.62. The number of carboxylic acids is 1. The predicted molar refractivity (Wildman–Crippen MR) is 73.2 cm³/mol. The third-order valence-electron chi connectivity index (χ3n) is 3.88. The van der Waals surface area contributed by atoms with Crippen molar-refractivity contribution in [3.8, 4) is 0 Å². The van der Waals surface area contributed by atoms with Crippen molar-refractivity contribution in [2.45, 2.75) is 45.7 Å². The van der Waals surface area contributed by atoms with E-state index in [1.165, 1.54) is 7.05 Å². The fourth-order valence-corrected chi connectivity index (χ4v) is 2.75. The van der Waals surface area contributed by atoms with Gasteiger partial charge in [0.15, 0.2) is 0 Å². The summed E-state index contributed by atoms with van der Waals surface area (Å²) in [5, 5.41) is 13.9. The number of nitrogens with one attached hydrogen (secondary N) is 2. The fourth-order valence-electron chi connectivity index (χ4n) is 2.75. The van der Waals surface area contributed by atoms with Crippen molar-refractivity contribution in [3.63, 3.8) is 0 Å². The van der Waals surface area contributed by atoms with Gasteiger partial charge in [-0.1, -0.05) is 13.8 Å². The van der Waals surface area contributed by atoms with Gasteiger partial charge >= 0.3 is 12.0 Å². The maximum Gasteiger partial charge on any atom is 0.321 e. The molecule has 2 atom stereocenters. The summed E-state index contributed by atoms with van der Waals surface area (Å²) >= 11 is 0. The van der Waals surface area contributed by atoms with Crippen LogP contribution in [0.2, 0.25) is 0 Å². The highest BCUT2D eigenvalue weighted by atomic mass is 16.4. The lowest BCUT2D eigenvalue weighted by molar-refractivity contribution is -0.153. The molecular weight excluding hydrogens is 262 g/mol. The van der Waals surface area contributed by atoms with Gasteiger partial charge in [-0.2, -0.15) is 0 Å². The summed E-state index contributed by atoms with van der Waals surface area (Å²) < 4.78 is 0. The van der Waals surface area contributed by atoms with Gasteiger partial charge in [0, 0.05) is 7.05 Å². The number of hydrogen-bond acceptors (Lipinski definition) is 4. The van der Waals surface area contributed by atoms with Gasteiger partial charge in [-0.25, -0.2) is 4.79 Å². The van der Waals surface area contributed by atoms with Crippen LogP contribution < -0.4 is 10.6 Å². The van der Waals surface area contributed by atoms with Crippen molar-refractivity contribution >= 4 is 17.9 Å². The Morgan fingerprint density at radius 1 is 1.35 bits per heavy atom. The minimum Gasteiger partial charge on any atom is -0.480 e. The highest BCUT2D eigenvalue weighted by Crippen LogP contribution is 2.36. The molecule has 7 nitrogen and oxygen atoms in total. The summed E-state index contributed by atoms with van der Waals surface area (Å²) in [6, 6.07) is -2.00. The Labute approximate surface area is 118 Å². The van der Waals surface area contributed by atoms with Crippen molar-refractivity contribution in [1.29, 1.82) is 0 Å². The van der Waals surface area contributed by atoms with E-state index in [4.69, 9.17) is 0 Å². The lowest BCUT2D eigenvalue weighted by atomic mass is 9.76. The SMILES string of the molecule is CNC(=O)NC(=O)C(C)N1CCCC(C)(C)C1C(=O)O. The van der Waals surface area contributed by atoms with Crippen molar-refractivity contribution in [3.05, 3.63) is 0 Å². The number of carbonyl (C=O) groups excluding carboxylic acids is 2. The lowest BCUT2D eigenvalue weighted by Gasteiger charge is -2.46. The molecule has 1 heterocycles. The standard InChI is InChI=1S/C13H23N3O4/c1-8(10(17)15-12(20)14-4)16-7-5-6-13(2,3)9(16)11(18)19/h8-9H,5-7H2,1-4H3,(H,18,19)(H2,14,15,17,20). The maximum atomic E-state index is 12.0. The van der Waals surface area contributed by atoms with Crippen LogP contribution in [0.5, 0.6) is 0 Å². The van der Waals surface area contributed by atoms with Gasteiger partial charge in [-0.05, 0) is 31.7 Å². The van der Waals surface area contributed by atoms with Crippen molar-refractivity contribution in [2.24, 2.45) is 5.41 Å². The molecule has 0 saturated carbocycles. The molecule has 0 bridgehead atoms. The Balaban J connectivity index is 2.88. The first kappa shape index (κ1) is 16.4. The smallest absolute Gasteiger partial charge is 0.321 e. The number of hydrogen-bond donors (Lipinski definition) is 3. The third kappa shape index (κ3) is 3.47. The highest BCUT2D eigenvalue weighted by molar-refractivity contribution is 5.97. The second-order valence-electron chi connectivity index (χ2n) is 5.82. The Hall–Kier alpha value is -1.63. The van der Waals surface area contributed by atoms with Crippen molar-refractivity contribution in [2.75, 3.05) is 13.6 Å². The minimum atomic E-state index is -0.936. The first-order valence-electron chi connectivity index (χ1n) is 6.72. The molecule has 3 N–H and O–H groups in total. The number of carbonyl (C=O) groups is 3. The van der Waals surface area contributed by atoms with Gasteiger partial charge in [-0.3, -0.25) is 19.8 Å². The van der Waals surface area contributed by atoms with Gasteiger partial charge in [0.2, 0.25) is 5.91 Å². The monoisotopic (exact) mass is 285 g/mol. The molecule has 1 fully saturated rings. The topological polar surface area (TPSA) is 98.7 Å². The molecular formula is C13H23N3O4. The molecule has 7 heteroatoms. The molecule has 0 aromatic carbocycles. The molecule has 3 amide bonds. The Bertz CT molecular complexity index is 408. The summed E-state index contributed by atoms with van der Waals surface area (Å²) in [7, 11) is 1.41. The molecule has 0 spiro atoms. The predicted octanol–water partition coefficient (Wildman–Crippen LogP) is 0.406. The second kappa shape index (κ2) is 6.21. The molecule has 1 rings (SSSR count). The van der Waals surface area contributed by atoms with Gasteiger partial charge in [0.25, 0.3) is 0 Å². The van der Waals surface area contributed by atoms with Crippen LogP contribution in [0, 0.1) is 5.41 Å². The normalized spacial score (nSPS) is 23.7. The summed E-state index contributed by atoms with van der Waals surface area (Å²) in [6.45, 7) is 5.93. The average molecular weight is 285 g/mol. The Morgan fingerprint density at radius 3 is 2.45 bits per heavy atom. The Morgan fingerprint density at radius 2 is 1.95 bits per heavy atom. The van der Waals surface area contributed by atoms with E-state index in [1.54, 1.807) is 11.8 Å². The van der Waals surface area contributed by atoms with E-state index < -0.39 is 35.4 Å². The number of imide groups is 1. The van der Waals surface area contributed by atoms with Gasteiger partial charge in [0.05, 0.1) is 6.04 Å². The number of urea groups is 1. The third-order valence-corrected chi connectivity index (χ3v) is 3.88. The number of nitrogens with zero attached hydrogens (tertiary/aromatic N) is 1. The quantitative estimate of drug-likeness (QED) is 0.697. The zero-order valence-electron chi connectivity index (χ0n) is 12.4. The minimum absolute atomic E-state index is 0.411. The van der Waals surface area contributed by atoms with Crippen LogP contribution in [-0.2, 0) is 9.59 Å². The fraction of sp³-hybridized carbons (Fsp3) is 0.769. The molecule has 0 aliphatic carbocycles. The Kier molecular flexibility index (Phi) is 5.10. The summed E-state index contributed by atoms with van der Waals surface area (Å²) in [5.41, 5.74) is -0.411. The number of carboxylic acid groups (broad SMARTS) is 1. The van der Waals surface area contributed by atoms with Crippen molar-refractivity contribution < 1.29 is 19.5 Å². The van der Waals surface area contributed by atoms with E-state index in [2.05, 4.69) is 10.6 Å². The number of rotatable bonds is 3. The van der Waals surface area contributed by atoms with Crippen LogP contribution in [0.3, 0.4) is 0 Å². The molecule has 114 valence electrons. The van der Waals surface area contributed by atoms with Crippen LogP contribution >= 0.6 is 0 Å². The van der Waals surface area contributed by atoms with E-state index in [0.717, 1.165) is 12.8 Å². The van der Waals surface area contributed by atoms with E-state index in [-0.39, 0.29) is 0 Å². The lowest BCUT2D eigenvalue weighted by Crippen LogP contribution is -2.60. The molecule has 1 saturated heterocycles. The number of amides is 3. The first-order valence-corrected chi connectivity index (χ1v) is 6.72. The van der Waals surface area contributed by atoms with Gasteiger partial charge in [0.1, 0.15) is 6.04 Å². The van der Waals surface area contributed by atoms with Crippen LogP contribution in [-0.4, -0.2) is 53.6 Å². The number of piperidine rings is 1. The van der Waals surface area contributed by atoms with E-state index in [0.29, 0.717) is 6.54 Å². The molecule has 20 heavy (non-hydrogen) atoms. The molecule has 1 aliphatic heterocycles. The molecule has 1 aliphatic rings. The number of aliphatic carboxylic acids is 1. The van der Waals surface area contributed by atoms with Crippen LogP contribution in [0.25, 0.3) is 0 Å². The zero-order valence-corrected chi connectivity index (χ0v) is 12.4. The highest BCUT2D eigenvalue weighted by Gasteiger charge is 2.45. The largest absolute Gasteiger partial charge is 0.480 e. The van der Waals surface area contributed by atoms with Gasteiger partial charge in [-0.15, -0.1) is 0 Å².